The highest BCUT2D eigenvalue weighted by Crippen LogP contribution is 2.52. The second kappa shape index (κ2) is 4.57. The molecule has 2 heterocycles. The molecular weight excluding hydrogens is 262 g/mol. The van der Waals surface area contributed by atoms with Gasteiger partial charge in [-0.2, -0.15) is 0 Å². The van der Waals surface area contributed by atoms with Crippen molar-refractivity contribution >= 4 is 16.9 Å². The first kappa shape index (κ1) is 12.4. The standard InChI is InChI=1S/C18H19NS/c1-12-11-20-18-16-10-19(8-14-6-4-3-5-7-14)9-15(16)13(2)17(12)18/h3-7,11,15-16H,2,8-10H2,1H3. The van der Waals surface area contributed by atoms with E-state index in [0.717, 1.165) is 6.54 Å². The minimum absolute atomic E-state index is 0.653. The lowest BCUT2D eigenvalue weighted by atomic mass is 9.96. The third kappa shape index (κ3) is 1.79. The Morgan fingerprint density at radius 3 is 2.75 bits per heavy atom. The monoisotopic (exact) mass is 281 g/mol. The van der Waals surface area contributed by atoms with Gasteiger partial charge in [0.05, 0.1) is 0 Å². The summed E-state index contributed by atoms with van der Waals surface area (Å²) in [6, 6.07) is 10.8. The van der Waals surface area contributed by atoms with Gasteiger partial charge in [0.2, 0.25) is 0 Å². The van der Waals surface area contributed by atoms with Gasteiger partial charge in [0, 0.05) is 36.3 Å². The van der Waals surface area contributed by atoms with Crippen molar-refractivity contribution < 1.29 is 0 Å². The average Bonchev–Trinajstić information content (AvgIpc) is 3.08. The Morgan fingerprint density at radius 1 is 1.20 bits per heavy atom. The van der Waals surface area contributed by atoms with E-state index < -0.39 is 0 Å². The number of benzene rings is 1. The summed E-state index contributed by atoms with van der Waals surface area (Å²) in [6.07, 6.45) is 0. The number of thiophene rings is 1. The highest BCUT2D eigenvalue weighted by molar-refractivity contribution is 7.10. The molecule has 1 aromatic carbocycles. The van der Waals surface area contributed by atoms with Crippen molar-refractivity contribution in [2.45, 2.75) is 19.4 Å². The van der Waals surface area contributed by atoms with E-state index in [-0.39, 0.29) is 0 Å². The number of aryl methyl sites for hydroxylation is 1. The first-order valence-electron chi connectivity index (χ1n) is 7.27. The Hall–Kier alpha value is -1.38. The summed E-state index contributed by atoms with van der Waals surface area (Å²) in [4.78, 5) is 4.18. The van der Waals surface area contributed by atoms with Crippen molar-refractivity contribution in [1.29, 1.82) is 0 Å². The molecular formula is C18H19NS. The Kier molecular flexibility index (Phi) is 2.83. The van der Waals surface area contributed by atoms with E-state index >= 15 is 0 Å². The number of hydrogen-bond acceptors (Lipinski definition) is 2. The Balaban J connectivity index is 1.56. The van der Waals surface area contributed by atoms with Crippen LogP contribution in [-0.4, -0.2) is 18.0 Å². The minimum atomic E-state index is 0.653. The van der Waals surface area contributed by atoms with Crippen LogP contribution in [0.3, 0.4) is 0 Å². The van der Waals surface area contributed by atoms with Gasteiger partial charge in [-0.3, -0.25) is 4.90 Å². The highest BCUT2D eigenvalue weighted by atomic mass is 32.1. The molecule has 4 rings (SSSR count). The molecule has 2 unspecified atom stereocenters. The summed E-state index contributed by atoms with van der Waals surface area (Å²) in [5.74, 6) is 1.35. The zero-order valence-corrected chi connectivity index (χ0v) is 12.6. The molecule has 1 fully saturated rings. The molecule has 1 nitrogen and oxygen atoms in total. The van der Waals surface area contributed by atoms with Crippen LogP contribution in [-0.2, 0) is 6.54 Å². The molecule has 102 valence electrons. The maximum atomic E-state index is 4.39. The lowest BCUT2D eigenvalue weighted by Gasteiger charge is -2.17. The molecule has 1 aromatic heterocycles. The first-order chi connectivity index (χ1) is 9.74. The second-order valence-corrected chi connectivity index (χ2v) is 6.99. The number of fused-ring (bicyclic) bond motifs is 3. The highest BCUT2D eigenvalue weighted by Gasteiger charge is 2.43. The molecule has 0 amide bonds. The van der Waals surface area contributed by atoms with E-state index in [1.165, 1.54) is 35.4 Å². The molecule has 2 aromatic rings. The van der Waals surface area contributed by atoms with Gasteiger partial charge in [0.1, 0.15) is 0 Å². The number of rotatable bonds is 2. The van der Waals surface area contributed by atoms with Crippen LogP contribution in [0.2, 0.25) is 0 Å². The van der Waals surface area contributed by atoms with E-state index in [4.69, 9.17) is 0 Å². The van der Waals surface area contributed by atoms with Crippen LogP contribution in [0.1, 0.15) is 27.5 Å². The molecule has 1 saturated heterocycles. The molecule has 0 saturated carbocycles. The van der Waals surface area contributed by atoms with Gasteiger partial charge < -0.3 is 0 Å². The minimum Gasteiger partial charge on any atom is -0.298 e. The zero-order valence-electron chi connectivity index (χ0n) is 11.8. The van der Waals surface area contributed by atoms with E-state index in [0.29, 0.717) is 11.8 Å². The van der Waals surface area contributed by atoms with Gasteiger partial charge in [-0.25, -0.2) is 0 Å². The largest absolute Gasteiger partial charge is 0.298 e. The van der Waals surface area contributed by atoms with Crippen LogP contribution in [0, 0.1) is 12.8 Å². The van der Waals surface area contributed by atoms with Gasteiger partial charge in [0.15, 0.2) is 0 Å². The van der Waals surface area contributed by atoms with Crippen LogP contribution < -0.4 is 0 Å². The van der Waals surface area contributed by atoms with Crippen LogP contribution >= 0.6 is 11.3 Å². The fourth-order valence-corrected chi connectivity index (χ4v) is 5.05. The molecule has 2 heteroatoms. The van der Waals surface area contributed by atoms with Crippen molar-refractivity contribution in [3.63, 3.8) is 0 Å². The van der Waals surface area contributed by atoms with Crippen molar-refractivity contribution in [2.24, 2.45) is 5.92 Å². The fraction of sp³-hybridized carbons (Fsp3) is 0.333. The summed E-state index contributed by atoms with van der Waals surface area (Å²) in [7, 11) is 0. The Bertz CT molecular complexity index is 655. The van der Waals surface area contributed by atoms with Crippen molar-refractivity contribution in [1.82, 2.24) is 4.90 Å². The molecule has 2 atom stereocenters. The number of nitrogens with zero attached hydrogens (tertiary/aromatic N) is 1. The third-order valence-electron chi connectivity index (χ3n) is 4.75. The lowest BCUT2D eigenvalue weighted by molar-refractivity contribution is 0.322. The van der Waals surface area contributed by atoms with E-state index in [9.17, 15) is 0 Å². The summed E-state index contributed by atoms with van der Waals surface area (Å²) in [5.41, 5.74) is 5.73. The van der Waals surface area contributed by atoms with Crippen molar-refractivity contribution in [3.8, 4) is 0 Å². The quantitative estimate of drug-likeness (QED) is 0.793. The van der Waals surface area contributed by atoms with E-state index in [2.05, 4.69) is 54.1 Å². The predicted octanol–water partition coefficient (Wildman–Crippen LogP) is 4.30. The van der Waals surface area contributed by atoms with Gasteiger partial charge in [0.25, 0.3) is 0 Å². The smallest absolute Gasteiger partial charge is 0.0234 e. The van der Waals surface area contributed by atoms with Gasteiger partial charge in [-0.15, -0.1) is 11.3 Å². The topological polar surface area (TPSA) is 3.24 Å². The van der Waals surface area contributed by atoms with Crippen LogP contribution in [0.15, 0.2) is 42.3 Å². The zero-order chi connectivity index (χ0) is 13.7. The molecule has 0 N–H and O–H groups in total. The fourth-order valence-electron chi connectivity index (χ4n) is 3.81. The van der Waals surface area contributed by atoms with Crippen LogP contribution in [0.5, 0.6) is 0 Å². The summed E-state index contributed by atoms with van der Waals surface area (Å²) < 4.78 is 0. The SMILES string of the molecule is C=C1c2c(C)csc2C2CN(Cc3ccccc3)CC12. The van der Waals surface area contributed by atoms with E-state index in [1.54, 1.807) is 4.88 Å². The first-order valence-corrected chi connectivity index (χ1v) is 8.15. The van der Waals surface area contributed by atoms with Gasteiger partial charge in [-0.1, -0.05) is 36.9 Å². The molecule has 20 heavy (non-hydrogen) atoms. The molecule has 1 aliphatic carbocycles. The molecule has 1 aliphatic heterocycles. The van der Waals surface area contributed by atoms with Crippen LogP contribution in [0.4, 0.5) is 0 Å². The summed E-state index contributed by atoms with van der Waals surface area (Å²) in [5, 5.41) is 2.30. The predicted molar refractivity (Wildman–Crippen MR) is 86.0 cm³/mol. The second-order valence-electron chi connectivity index (χ2n) is 6.08. The Labute approximate surface area is 124 Å². The number of likely N-dealkylation sites (tertiary alicyclic amines) is 1. The third-order valence-corrected chi connectivity index (χ3v) is 5.99. The molecule has 0 bridgehead atoms. The van der Waals surface area contributed by atoms with Crippen molar-refractivity contribution in [2.75, 3.05) is 13.1 Å². The normalized spacial score (nSPS) is 24.9. The molecule has 0 spiro atoms. The van der Waals surface area contributed by atoms with Gasteiger partial charge in [-0.05, 0) is 34.6 Å². The molecule has 0 radical (unpaired) electrons. The van der Waals surface area contributed by atoms with Gasteiger partial charge >= 0.3 is 0 Å². The molecule has 2 aliphatic rings. The van der Waals surface area contributed by atoms with Crippen molar-refractivity contribution in [3.05, 3.63) is 63.9 Å². The average molecular weight is 281 g/mol. The maximum absolute atomic E-state index is 4.39. The van der Waals surface area contributed by atoms with E-state index in [1.807, 2.05) is 11.3 Å². The lowest BCUT2D eigenvalue weighted by Crippen LogP contribution is -2.21. The summed E-state index contributed by atoms with van der Waals surface area (Å²) >= 11 is 1.94. The Morgan fingerprint density at radius 2 is 1.95 bits per heavy atom. The van der Waals surface area contributed by atoms with Crippen LogP contribution in [0.25, 0.3) is 5.57 Å². The number of hydrogen-bond donors (Lipinski definition) is 0. The summed E-state index contributed by atoms with van der Waals surface area (Å²) in [6.45, 7) is 10.0. The maximum Gasteiger partial charge on any atom is 0.0234 e.